The van der Waals surface area contributed by atoms with E-state index < -0.39 is 5.92 Å². The van der Waals surface area contributed by atoms with Gasteiger partial charge in [0.2, 0.25) is 11.8 Å². The van der Waals surface area contributed by atoms with Crippen LogP contribution in [0.1, 0.15) is 28.2 Å². The molecule has 0 fully saturated rings. The minimum atomic E-state index is -0.548. The maximum absolute atomic E-state index is 13.3. The Morgan fingerprint density at radius 1 is 1.09 bits per heavy atom. The van der Waals surface area contributed by atoms with Crippen molar-refractivity contribution in [1.82, 2.24) is 10.2 Å². The van der Waals surface area contributed by atoms with Crippen molar-refractivity contribution < 1.29 is 13.9 Å². The van der Waals surface area contributed by atoms with E-state index >= 15 is 0 Å². The van der Waals surface area contributed by atoms with Crippen LogP contribution in [0.15, 0.2) is 84.3 Å². The first-order valence-corrected chi connectivity index (χ1v) is 10.7. The van der Waals surface area contributed by atoms with Crippen LogP contribution in [0, 0.1) is 24.1 Å². The van der Waals surface area contributed by atoms with Crippen LogP contribution in [0.25, 0.3) is 11.3 Å². The number of allylic oxidation sites excluding steroid dienone is 1. The van der Waals surface area contributed by atoms with Gasteiger partial charge in [-0.05, 0) is 30.7 Å². The number of fused-ring (bicyclic) bond motifs is 1. The number of nitrogens with zero attached hydrogens (tertiary/aromatic N) is 2. The van der Waals surface area contributed by atoms with E-state index in [-0.39, 0.29) is 23.9 Å². The number of nitrogens with two attached hydrogens (primary N) is 1. The Hall–Kier alpha value is -4.57. The molecule has 168 valence electrons. The molecule has 3 aromatic carbocycles. The number of nitriles is 1. The van der Waals surface area contributed by atoms with Gasteiger partial charge >= 0.3 is 0 Å². The Morgan fingerprint density at radius 3 is 2.56 bits per heavy atom. The van der Waals surface area contributed by atoms with E-state index in [1.54, 1.807) is 12.1 Å². The fourth-order valence-electron chi connectivity index (χ4n) is 4.09. The molecule has 5 rings (SSSR count). The molecule has 7 heteroatoms. The van der Waals surface area contributed by atoms with Crippen LogP contribution in [0.2, 0.25) is 0 Å². The number of halogens is 1. The third-order valence-corrected chi connectivity index (χ3v) is 5.82. The number of para-hydroxylation sites is 1. The average Bonchev–Trinajstić information content (AvgIpc) is 3.27. The van der Waals surface area contributed by atoms with Crippen LogP contribution < -0.4 is 15.2 Å². The zero-order valence-corrected chi connectivity index (χ0v) is 18.4. The molecule has 0 radical (unpaired) electrons. The first-order valence-electron chi connectivity index (χ1n) is 10.7. The maximum Gasteiger partial charge on any atom is 0.244 e. The molecule has 6 nitrogen and oxygen atoms in total. The molecule has 0 amide bonds. The van der Waals surface area contributed by atoms with E-state index in [4.69, 9.17) is 15.2 Å². The SMILES string of the molecule is Cc1ccc(-c2[nH]nc3c2C(c2ccccc2OCc2ccc(F)cc2)C(C#N)=C(N)O3)cc1. The predicted molar refractivity (Wildman–Crippen MR) is 125 cm³/mol. The minimum Gasteiger partial charge on any atom is -0.489 e. The molecular weight excluding hydrogens is 431 g/mol. The molecule has 1 aliphatic heterocycles. The summed E-state index contributed by atoms with van der Waals surface area (Å²) in [5.41, 5.74) is 11.5. The molecule has 34 heavy (non-hydrogen) atoms. The number of ether oxygens (including phenoxy) is 2. The van der Waals surface area contributed by atoms with E-state index in [2.05, 4.69) is 16.3 Å². The van der Waals surface area contributed by atoms with Crippen molar-refractivity contribution in [3.63, 3.8) is 0 Å². The highest BCUT2D eigenvalue weighted by Gasteiger charge is 2.37. The largest absolute Gasteiger partial charge is 0.489 e. The van der Waals surface area contributed by atoms with E-state index in [9.17, 15) is 9.65 Å². The number of rotatable bonds is 5. The summed E-state index contributed by atoms with van der Waals surface area (Å²) in [6, 6.07) is 23.8. The summed E-state index contributed by atoms with van der Waals surface area (Å²) in [5, 5.41) is 17.4. The predicted octanol–water partition coefficient (Wildman–Crippen LogP) is 5.32. The third kappa shape index (κ3) is 3.86. The molecule has 4 aromatic rings. The van der Waals surface area contributed by atoms with Gasteiger partial charge in [0.05, 0.1) is 17.2 Å². The van der Waals surface area contributed by atoms with Gasteiger partial charge in [-0.15, -0.1) is 5.10 Å². The molecule has 1 aliphatic rings. The second-order valence-corrected chi connectivity index (χ2v) is 8.06. The maximum atomic E-state index is 13.3. The molecule has 2 heterocycles. The zero-order chi connectivity index (χ0) is 23.7. The van der Waals surface area contributed by atoms with E-state index in [1.165, 1.54) is 12.1 Å². The van der Waals surface area contributed by atoms with Crippen LogP contribution in [0.4, 0.5) is 4.39 Å². The molecule has 3 N–H and O–H groups in total. The van der Waals surface area contributed by atoms with Crippen molar-refractivity contribution in [1.29, 1.82) is 5.26 Å². The first-order chi connectivity index (χ1) is 16.5. The van der Waals surface area contributed by atoms with Gasteiger partial charge in [0.1, 0.15) is 29.8 Å². The quantitative estimate of drug-likeness (QED) is 0.427. The molecule has 0 saturated carbocycles. The average molecular weight is 452 g/mol. The number of hydrogen-bond acceptors (Lipinski definition) is 5. The minimum absolute atomic E-state index is 0.00953. The van der Waals surface area contributed by atoms with Gasteiger partial charge in [-0.2, -0.15) is 5.26 Å². The van der Waals surface area contributed by atoms with Gasteiger partial charge in [0.25, 0.3) is 0 Å². The topological polar surface area (TPSA) is 97.0 Å². The fourth-order valence-corrected chi connectivity index (χ4v) is 4.09. The lowest BCUT2D eigenvalue weighted by Crippen LogP contribution is -2.21. The van der Waals surface area contributed by atoms with Crippen LogP contribution >= 0.6 is 0 Å². The van der Waals surface area contributed by atoms with Crippen molar-refractivity contribution in [3.05, 3.63) is 112 Å². The summed E-state index contributed by atoms with van der Waals surface area (Å²) in [6.07, 6.45) is 0. The third-order valence-electron chi connectivity index (χ3n) is 5.82. The second kappa shape index (κ2) is 8.75. The van der Waals surface area contributed by atoms with Crippen molar-refractivity contribution >= 4 is 0 Å². The molecule has 0 saturated heterocycles. The number of H-pyrrole nitrogens is 1. The van der Waals surface area contributed by atoms with Crippen molar-refractivity contribution in [2.24, 2.45) is 5.73 Å². The lowest BCUT2D eigenvalue weighted by molar-refractivity contribution is 0.301. The summed E-state index contributed by atoms with van der Waals surface area (Å²) in [7, 11) is 0. The van der Waals surface area contributed by atoms with Gasteiger partial charge in [0.15, 0.2) is 0 Å². The Kier molecular flexibility index (Phi) is 5.48. The highest BCUT2D eigenvalue weighted by Crippen LogP contribution is 2.47. The summed E-state index contributed by atoms with van der Waals surface area (Å²) in [6.45, 7) is 2.26. The molecule has 0 bridgehead atoms. The van der Waals surface area contributed by atoms with Crippen LogP contribution in [-0.4, -0.2) is 10.2 Å². The number of nitrogens with one attached hydrogen (secondary N) is 1. The number of aromatic amines is 1. The van der Waals surface area contributed by atoms with Crippen LogP contribution in [0.3, 0.4) is 0 Å². The second-order valence-electron chi connectivity index (χ2n) is 8.06. The number of hydrogen-bond donors (Lipinski definition) is 2. The smallest absolute Gasteiger partial charge is 0.244 e. The molecule has 0 aliphatic carbocycles. The summed E-state index contributed by atoms with van der Waals surface area (Å²) < 4.78 is 25.1. The lowest BCUT2D eigenvalue weighted by atomic mass is 9.82. The van der Waals surface area contributed by atoms with Crippen LogP contribution in [0.5, 0.6) is 11.6 Å². The van der Waals surface area contributed by atoms with Gasteiger partial charge in [-0.1, -0.05) is 60.2 Å². The number of benzene rings is 3. The van der Waals surface area contributed by atoms with Crippen LogP contribution in [-0.2, 0) is 6.61 Å². The number of aryl methyl sites for hydroxylation is 1. The summed E-state index contributed by atoms with van der Waals surface area (Å²) >= 11 is 0. The Labute approximate surface area is 196 Å². The molecule has 1 aromatic heterocycles. The van der Waals surface area contributed by atoms with Crippen molar-refractivity contribution in [3.8, 4) is 29.0 Å². The summed E-state index contributed by atoms with van der Waals surface area (Å²) in [4.78, 5) is 0. The number of aromatic nitrogens is 2. The summed E-state index contributed by atoms with van der Waals surface area (Å²) in [5.74, 6) is 0.0666. The normalized spacial score (nSPS) is 14.8. The zero-order valence-electron chi connectivity index (χ0n) is 18.4. The lowest BCUT2D eigenvalue weighted by Gasteiger charge is -2.25. The van der Waals surface area contributed by atoms with Crippen molar-refractivity contribution in [2.75, 3.05) is 0 Å². The Bertz CT molecular complexity index is 1420. The highest BCUT2D eigenvalue weighted by molar-refractivity contribution is 5.71. The van der Waals surface area contributed by atoms with E-state index in [0.29, 0.717) is 17.2 Å². The van der Waals surface area contributed by atoms with Gasteiger partial charge in [-0.3, -0.25) is 5.10 Å². The van der Waals surface area contributed by atoms with Gasteiger partial charge in [-0.25, -0.2) is 4.39 Å². The Morgan fingerprint density at radius 2 is 1.82 bits per heavy atom. The van der Waals surface area contributed by atoms with Crippen molar-refractivity contribution in [2.45, 2.75) is 19.4 Å². The van der Waals surface area contributed by atoms with E-state index in [1.807, 2.05) is 55.5 Å². The standard InChI is InChI=1S/C27H21FN4O2/c1-16-6-10-18(11-7-16)25-24-23(21(14-29)26(30)34-27(24)32-31-25)20-4-2-3-5-22(20)33-15-17-8-12-19(28)13-9-17/h2-13,23H,15,30H2,1H3,(H,31,32). The first kappa shape index (κ1) is 21.3. The highest BCUT2D eigenvalue weighted by atomic mass is 19.1. The van der Waals surface area contributed by atoms with E-state index in [0.717, 1.165) is 27.9 Å². The fraction of sp³-hybridized carbons (Fsp3) is 0.111. The molecule has 0 spiro atoms. The monoisotopic (exact) mass is 452 g/mol. The molecular formula is C27H21FN4O2. The molecule has 1 unspecified atom stereocenters. The van der Waals surface area contributed by atoms with Gasteiger partial charge < -0.3 is 15.2 Å². The Balaban J connectivity index is 1.60. The molecule has 1 atom stereocenters. The van der Waals surface area contributed by atoms with Gasteiger partial charge in [0, 0.05) is 11.1 Å².